The Balaban J connectivity index is 3.02. The molecule has 0 spiro atoms. The molecule has 0 radical (unpaired) electrons. The number of terminal acetylenes is 1. The third-order valence-electron chi connectivity index (χ3n) is 1.13. The quantitative estimate of drug-likeness (QED) is 0.394. The van der Waals surface area contributed by atoms with Crippen molar-refractivity contribution in [1.29, 1.82) is 0 Å². The van der Waals surface area contributed by atoms with E-state index in [0.717, 1.165) is 0 Å². The fourth-order valence-electron chi connectivity index (χ4n) is 0.685. The first-order chi connectivity index (χ1) is 5.65. The van der Waals surface area contributed by atoms with Crippen molar-refractivity contribution in [2.75, 3.05) is 0 Å². The van der Waals surface area contributed by atoms with Gasteiger partial charge in [-0.05, 0) is 4.92 Å². The van der Waals surface area contributed by atoms with Crippen LogP contribution in [0.5, 0.6) is 0 Å². The molecule has 0 amide bonds. The highest BCUT2D eigenvalue weighted by atomic mass is 35.5. The smallest absolute Gasteiger partial charge is 0.358 e. The normalized spacial score (nSPS) is 9.33. The van der Waals surface area contributed by atoms with Gasteiger partial charge in [-0.2, -0.15) is 4.68 Å². The second-order valence-electron chi connectivity index (χ2n) is 1.96. The van der Waals surface area contributed by atoms with E-state index in [1.165, 1.54) is 10.9 Å². The molecular formula is C6H4ClN3O2. The number of hydrogen-bond acceptors (Lipinski definition) is 3. The van der Waals surface area contributed by atoms with Gasteiger partial charge in [-0.15, -0.1) is 6.42 Å². The summed E-state index contributed by atoms with van der Waals surface area (Å²) in [7, 11) is 0. The zero-order valence-electron chi connectivity index (χ0n) is 5.90. The first-order valence-corrected chi connectivity index (χ1v) is 3.33. The van der Waals surface area contributed by atoms with Gasteiger partial charge >= 0.3 is 5.82 Å². The van der Waals surface area contributed by atoms with E-state index in [2.05, 4.69) is 11.0 Å². The zero-order chi connectivity index (χ0) is 9.14. The van der Waals surface area contributed by atoms with Crippen LogP contribution in [0.25, 0.3) is 0 Å². The Morgan fingerprint density at radius 1 is 1.92 bits per heavy atom. The molecule has 0 saturated heterocycles. The van der Waals surface area contributed by atoms with Crippen LogP contribution in [0.2, 0.25) is 5.02 Å². The second-order valence-corrected chi connectivity index (χ2v) is 2.37. The van der Waals surface area contributed by atoms with Crippen LogP contribution in [0.15, 0.2) is 6.20 Å². The average molecular weight is 186 g/mol. The molecule has 0 aliphatic carbocycles. The maximum Gasteiger partial charge on any atom is 0.408 e. The first kappa shape index (κ1) is 8.56. The Bertz CT molecular complexity index is 352. The fourth-order valence-corrected chi connectivity index (χ4v) is 0.905. The van der Waals surface area contributed by atoms with Gasteiger partial charge in [0.25, 0.3) is 0 Å². The predicted octanol–water partition coefficient (Wildman–Crippen LogP) is 1.08. The number of nitrogens with zero attached hydrogens (tertiary/aromatic N) is 3. The molecule has 0 atom stereocenters. The van der Waals surface area contributed by atoms with E-state index in [9.17, 15) is 10.1 Å². The van der Waals surface area contributed by atoms with Gasteiger partial charge in [0.05, 0.1) is 11.3 Å². The van der Waals surface area contributed by atoms with Crippen molar-refractivity contribution in [3.8, 4) is 12.3 Å². The van der Waals surface area contributed by atoms with Crippen LogP contribution in [-0.2, 0) is 6.54 Å². The third-order valence-corrected chi connectivity index (χ3v) is 1.39. The predicted molar refractivity (Wildman–Crippen MR) is 42.7 cm³/mol. The standard InChI is InChI=1S/C6H4ClN3O2/c1-2-3-9-4-5(7)6(8-9)10(11)12/h1,4H,3H2. The molecule has 6 heteroatoms. The number of halogens is 1. The molecule has 0 unspecified atom stereocenters. The lowest BCUT2D eigenvalue weighted by Crippen LogP contribution is -1.97. The number of aromatic nitrogens is 2. The van der Waals surface area contributed by atoms with Gasteiger partial charge in [-0.25, -0.2) is 0 Å². The summed E-state index contributed by atoms with van der Waals surface area (Å²) in [6, 6.07) is 0. The van der Waals surface area contributed by atoms with E-state index in [1.54, 1.807) is 0 Å². The van der Waals surface area contributed by atoms with E-state index < -0.39 is 4.92 Å². The topological polar surface area (TPSA) is 61.0 Å². The Hall–Kier alpha value is -1.54. The van der Waals surface area contributed by atoms with Crippen LogP contribution in [0.3, 0.4) is 0 Å². The molecule has 62 valence electrons. The van der Waals surface area contributed by atoms with Crippen molar-refractivity contribution in [2.24, 2.45) is 0 Å². The Morgan fingerprint density at radius 2 is 2.58 bits per heavy atom. The largest absolute Gasteiger partial charge is 0.408 e. The third kappa shape index (κ3) is 1.54. The molecule has 1 rings (SSSR count). The summed E-state index contributed by atoms with van der Waals surface area (Å²) in [5, 5.41) is 13.8. The van der Waals surface area contributed by atoms with Gasteiger partial charge in [-0.1, -0.05) is 17.5 Å². The van der Waals surface area contributed by atoms with E-state index in [-0.39, 0.29) is 17.4 Å². The lowest BCUT2D eigenvalue weighted by Gasteiger charge is -1.84. The summed E-state index contributed by atoms with van der Waals surface area (Å²) >= 11 is 5.48. The van der Waals surface area contributed by atoms with Crippen molar-refractivity contribution in [2.45, 2.75) is 6.54 Å². The second kappa shape index (κ2) is 3.24. The molecule has 1 heterocycles. The minimum absolute atomic E-state index is 0.00440. The van der Waals surface area contributed by atoms with Crippen molar-refractivity contribution < 1.29 is 4.92 Å². The summed E-state index contributed by atoms with van der Waals surface area (Å²) in [5.41, 5.74) is 0. The van der Waals surface area contributed by atoms with Gasteiger partial charge in [0, 0.05) is 0 Å². The molecule has 0 aromatic carbocycles. The van der Waals surface area contributed by atoms with Crippen molar-refractivity contribution >= 4 is 17.4 Å². The first-order valence-electron chi connectivity index (χ1n) is 2.96. The van der Waals surface area contributed by atoms with Crippen molar-refractivity contribution in [1.82, 2.24) is 9.78 Å². The van der Waals surface area contributed by atoms with Crippen LogP contribution in [0.4, 0.5) is 5.82 Å². The van der Waals surface area contributed by atoms with Gasteiger partial charge < -0.3 is 10.1 Å². The van der Waals surface area contributed by atoms with Crippen molar-refractivity contribution in [3.63, 3.8) is 0 Å². The fraction of sp³-hybridized carbons (Fsp3) is 0.167. The molecule has 5 nitrogen and oxygen atoms in total. The minimum atomic E-state index is -0.657. The monoisotopic (exact) mass is 185 g/mol. The molecule has 0 bridgehead atoms. The summed E-state index contributed by atoms with van der Waals surface area (Å²) in [5.74, 6) is 1.91. The van der Waals surface area contributed by atoms with Gasteiger partial charge in [0.15, 0.2) is 5.02 Å². The SMILES string of the molecule is C#CCn1cc(Cl)c([N+](=O)[O-])n1. The van der Waals surface area contributed by atoms with Crippen LogP contribution in [0.1, 0.15) is 0 Å². The van der Waals surface area contributed by atoms with Gasteiger partial charge in [0.2, 0.25) is 0 Å². The Morgan fingerprint density at radius 3 is 3.00 bits per heavy atom. The highest BCUT2D eigenvalue weighted by Gasteiger charge is 2.17. The minimum Gasteiger partial charge on any atom is -0.358 e. The van der Waals surface area contributed by atoms with Crippen LogP contribution in [0, 0.1) is 22.5 Å². The van der Waals surface area contributed by atoms with Crippen LogP contribution < -0.4 is 0 Å². The summed E-state index contributed by atoms with van der Waals surface area (Å²) < 4.78 is 1.24. The lowest BCUT2D eigenvalue weighted by molar-refractivity contribution is -0.389. The highest BCUT2D eigenvalue weighted by Crippen LogP contribution is 2.20. The summed E-state index contributed by atoms with van der Waals surface area (Å²) in [4.78, 5) is 9.58. The lowest BCUT2D eigenvalue weighted by atomic mass is 10.6. The van der Waals surface area contributed by atoms with E-state index in [1.807, 2.05) is 0 Å². The van der Waals surface area contributed by atoms with E-state index >= 15 is 0 Å². The number of nitro groups is 1. The summed E-state index contributed by atoms with van der Waals surface area (Å²) in [6.45, 7) is 0.174. The molecule has 0 saturated carbocycles. The highest BCUT2D eigenvalue weighted by molar-refractivity contribution is 6.32. The Kier molecular flexibility index (Phi) is 2.31. The van der Waals surface area contributed by atoms with E-state index in [4.69, 9.17) is 18.0 Å². The molecule has 0 aliphatic rings. The molecule has 0 N–H and O–H groups in total. The average Bonchev–Trinajstić information content (AvgIpc) is 2.32. The van der Waals surface area contributed by atoms with E-state index in [0.29, 0.717) is 0 Å². The Labute approximate surface area is 73.1 Å². The summed E-state index contributed by atoms with van der Waals surface area (Å²) in [6.07, 6.45) is 6.29. The number of rotatable bonds is 2. The maximum atomic E-state index is 10.2. The van der Waals surface area contributed by atoms with Crippen molar-refractivity contribution in [3.05, 3.63) is 21.3 Å². The molecule has 1 aromatic heterocycles. The van der Waals surface area contributed by atoms with Gasteiger partial charge in [-0.3, -0.25) is 0 Å². The molecular weight excluding hydrogens is 182 g/mol. The maximum absolute atomic E-state index is 10.2. The van der Waals surface area contributed by atoms with Gasteiger partial charge in [0.1, 0.15) is 6.54 Å². The molecule has 0 aliphatic heterocycles. The molecule has 1 aromatic rings. The molecule has 12 heavy (non-hydrogen) atoms. The molecule has 0 fully saturated rings. The zero-order valence-corrected chi connectivity index (χ0v) is 6.65. The van der Waals surface area contributed by atoms with Crippen LogP contribution in [-0.4, -0.2) is 14.7 Å². The van der Waals surface area contributed by atoms with Crippen LogP contribution >= 0.6 is 11.6 Å². The number of hydrogen-bond donors (Lipinski definition) is 0.